The van der Waals surface area contributed by atoms with Crippen LogP contribution in [0.2, 0.25) is 5.02 Å². The number of halogens is 1. The topological polar surface area (TPSA) is 90.0 Å². The SMILES string of the molecule is O=S(=O)(c1ccccc1)n1nc(-c2ccco2)nc1NCc1ccc(Cl)cc1. The summed E-state index contributed by atoms with van der Waals surface area (Å²) in [6.45, 7) is 0.345. The summed E-state index contributed by atoms with van der Waals surface area (Å²) in [5.74, 6) is 0.630. The summed E-state index contributed by atoms with van der Waals surface area (Å²) in [4.78, 5) is 4.43. The van der Waals surface area contributed by atoms with Crippen LogP contribution in [0.25, 0.3) is 11.6 Å². The van der Waals surface area contributed by atoms with Crippen molar-refractivity contribution in [3.05, 3.63) is 83.6 Å². The van der Waals surface area contributed by atoms with E-state index in [9.17, 15) is 8.42 Å². The van der Waals surface area contributed by atoms with Gasteiger partial charge in [-0.2, -0.15) is 13.4 Å². The molecule has 2 aromatic carbocycles. The van der Waals surface area contributed by atoms with Gasteiger partial charge in [0.15, 0.2) is 5.76 Å². The van der Waals surface area contributed by atoms with Crippen molar-refractivity contribution in [3.8, 4) is 11.6 Å². The molecule has 7 nitrogen and oxygen atoms in total. The molecule has 0 spiro atoms. The van der Waals surface area contributed by atoms with Crippen molar-refractivity contribution in [2.75, 3.05) is 5.32 Å². The number of hydrogen-bond acceptors (Lipinski definition) is 6. The van der Waals surface area contributed by atoms with Crippen molar-refractivity contribution < 1.29 is 12.8 Å². The van der Waals surface area contributed by atoms with E-state index in [2.05, 4.69) is 15.4 Å². The minimum absolute atomic E-state index is 0.0882. The molecule has 0 aliphatic rings. The molecule has 0 bridgehead atoms. The zero-order chi connectivity index (χ0) is 19.6. The van der Waals surface area contributed by atoms with Crippen molar-refractivity contribution in [3.63, 3.8) is 0 Å². The molecule has 0 saturated heterocycles. The van der Waals surface area contributed by atoms with Gasteiger partial charge < -0.3 is 9.73 Å². The molecule has 1 N–H and O–H groups in total. The van der Waals surface area contributed by atoms with Gasteiger partial charge in [-0.25, -0.2) is 0 Å². The highest BCUT2D eigenvalue weighted by atomic mass is 35.5. The van der Waals surface area contributed by atoms with Crippen molar-refractivity contribution in [2.45, 2.75) is 11.4 Å². The minimum atomic E-state index is -3.93. The maximum absolute atomic E-state index is 13.1. The predicted octanol–water partition coefficient (Wildman–Crippen LogP) is 4.04. The number of hydrogen-bond donors (Lipinski definition) is 1. The Morgan fingerprint density at radius 1 is 1.00 bits per heavy atom. The van der Waals surface area contributed by atoms with Crippen molar-refractivity contribution >= 4 is 27.6 Å². The summed E-state index contributed by atoms with van der Waals surface area (Å²) in [5.41, 5.74) is 0.913. The number of nitrogens with zero attached hydrogens (tertiary/aromatic N) is 3. The second-order valence-electron chi connectivity index (χ2n) is 5.88. The van der Waals surface area contributed by atoms with Gasteiger partial charge >= 0.3 is 0 Å². The zero-order valence-corrected chi connectivity index (χ0v) is 16.1. The van der Waals surface area contributed by atoms with Crippen molar-refractivity contribution in [2.24, 2.45) is 0 Å². The third-order valence-corrected chi connectivity index (χ3v) is 5.78. The Balaban J connectivity index is 1.72. The van der Waals surface area contributed by atoms with E-state index in [1.54, 1.807) is 42.5 Å². The fourth-order valence-corrected chi connectivity index (χ4v) is 3.90. The molecule has 0 radical (unpaired) electrons. The third-order valence-electron chi connectivity index (χ3n) is 3.95. The lowest BCUT2D eigenvalue weighted by Crippen LogP contribution is -2.18. The second kappa shape index (κ2) is 7.49. The van der Waals surface area contributed by atoms with Gasteiger partial charge in [-0.1, -0.05) is 41.9 Å². The van der Waals surface area contributed by atoms with E-state index in [0.29, 0.717) is 17.3 Å². The molecule has 142 valence electrons. The molecular formula is C19H15ClN4O3S. The van der Waals surface area contributed by atoms with E-state index in [0.717, 1.165) is 9.65 Å². The summed E-state index contributed by atoms with van der Waals surface area (Å²) in [7, 11) is -3.93. The van der Waals surface area contributed by atoms with E-state index < -0.39 is 10.0 Å². The molecular weight excluding hydrogens is 400 g/mol. The van der Waals surface area contributed by atoms with E-state index in [1.165, 1.54) is 18.4 Å². The van der Waals surface area contributed by atoms with Crippen LogP contribution in [0.3, 0.4) is 0 Å². The summed E-state index contributed by atoms with van der Waals surface area (Å²) in [6, 6.07) is 18.6. The van der Waals surface area contributed by atoms with Gasteiger partial charge in [-0.3, -0.25) is 0 Å². The van der Waals surface area contributed by atoms with Crippen LogP contribution in [-0.4, -0.2) is 22.6 Å². The highest BCUT2D eigenvalue weighted by Gasteiger charge is 2.25. The summed E-state index contributed by atoms with van der Waals surface area (Å²) < 4.78 is 32.3. The molecule has 2 heterocycles. The van der Waals surface area contributed by atoms with Crippen LogP contribution in [0.1, 0.15) is 5.56 Å². The molecule has 4 aromatic rings. The van der Waals surface area contributed by atoms with Gasteiger partial charge in [0.25, 0.3) is 10.0 Å². The minimum Gasteiger partial charge on any atom is -0.461 e. The van der Waals surface area contributed by atoms with E-state index >= 15 is 0 Å². The lowest BCUT2D eigenvalue weighted by molar-refractivity contribution is 0.573. The standard InChI is InChI=1S/C19H15ClN4O3S/c20-15-10-8-14(9-11-15)13-21-19-22-18(17-7-4-12-27-17)23-24(19)28(25,26)16-5-2-1-3-6-16/h1-12H,13H2,(H,21,22,23). The Labute approximate surface area is 166 Å². The molecule has 0 fully saturated rings. The predicted molar refractivity (Wildman–Crippen MR) is 106 cm³/mol. The Kier molecular flexibility index (Phi) is 4.89. The molecule has 0 aliphatic heterocycles. The number of aromatic nitrogens is 3. The van der Waals surface area contributed by atoms with E-state index in [4.69, 9.17) is 16.0 Å². The maximum Gasteiger partial charge on any atom is 0.286 e. The summed E-state index contributed by atoms with van der Waals surface area (Å²) >= 11 is 5.91. The fraction of sp³-hybridized carbons (Fsp3) is 0.0526. The van der Waals surface area contributed by atoms with Crippen LogP contribution in [0.15, 0.2) is 82.3 Å². The second-order valence-corrected chi connectivity index (χ2v) is 8.08. The number of furan rings is 1. The van der Waals surface area contributed by atoms with Crippen LogP contribution < -0.4 is 5.32 Å². The van der Waals surface area contributed by atoms with Crippen LogP contribution in [-0.2, 0) is 16.6 Å². The molecule has 0 amide bonds. The quantitative estimate of drug-likeness (QED) is 0.512. The normalized spacial score (nSPS) is 11.5. The van der Waals surface area contributed by atoms with Gasteiger partial charge in [0.05, 0.1) is 11.2 Å². The smallest absolute Gasteiger partial charge is 0.286 e. The Hall–Kier alpha value is -3.10. The first kappa shape index (κ1) is 18.3. The first-order chi connectivity index (χ1) is 13.5. The van der Waals surface area contributed by atoms with E-state index in [1.807, 2.05) is 12.1 Å². The lowest BCUT2D eigenvalue weighted by atomic mass is 10.2. The number of anilines is 1. The third kappa shape index (κ3) is 3.64. The summed E-state index contributed by atoms with van der Waals surface area (Å²) in [5, 5.41) is 7.82. The van der Waals surface area contributed by atoms with Gasteiger partial charge in [-0.05, 0) is 42.0 Å². The van der Waals surface area contributed by atoms with Crippen LogP contribution in [0.4, 0.5) is 5.95 Å². The van der Waals surface area contributed by atoms with Crippen LogP contribution in [0.5, 0.6) is 0 Å². The fourth-order valence-electron chi connectivity index (χ4n) is 2.56. The average Bonchev–Trinajstić information content (AvgIpc) is 3.38. The van der Waals surface area contributed by atoms with Crippen molar-refractivity contribution in [1.82, 2.24) is 14.2 Å². The van der Waals surface area contributed by atoms with Gasteiger partial charge in [-0.15, -0.1) is 9.19 Å². The lowest BCUT2D eigenvalue weighted by Gasteiger charge is -2.09. The molecule has 28 heavy (non-hydrogen) atoms. The molecule has 0 atom stereocenters. The van der Waals surface area contributed by atoms with Gasteiger partial charge in [0.1, 0.15) is 0 Å². The van der Waals surface area contributed by atoms with E-state index in [-0.39, 0.29) is 16.7 Å². The Bertz CT molecular complexity index is 1170. The number of rotatable bonds is 6. The largest absolute Gasteiger partial charge is 0.461 e. The first-order valence-corrected chi connectivity index (χ1v) is 10.2. The van der Waals surface area contributed by atoms with Crippen LogP contribution in [0, 0.1) is 0 Å². The molecule has 0 unspecified atom stereocenters. The highest BCUT2D eigenvalue weighted by Crippen LogP contribution is 2.23. The molecule has 0 aliphatic carbocycles. The molecule has 0 saturated carbocycles. The number of benzene rings is 2. The molecule has 4 rings (SSSR count). The maximum atomic E-state index is 13.1. The van der Waals surface area contributed by atoms with Gasteiger partial charge in [0, 0.05) is 11.6 Å². The Morgan fingerprint density at radius 3 is 2.43 bits per heavy atom. The average molecular weight is 415 g/mol. The van der Waals surface area contributed by atoms with Gasteiger partial charge in [0.2, 0.25) is 11.8 Å². The monoisotopic (exact) mass is 414 g/mol. The first-order valence-electron chi connectivity index (χ1n) is 8.34. The highest BCUT2D eigenvalue weighted by molar-refractivity contribution is 7.90. The zero-order valence-electron chi connectivity index (χ0n) is 14.5. The summed E-state index contributed by atoms with van der Waals surface area (Å²) in [6.07, 6.45) is 1.47. The molecule has 2 aromatic heterocycles. The molecule has 9 heteroatoms. The van der Waals surface area contributed by atoms with Crippen LogP contribution >= 0.6 is 11.6 Å². The Morgan fingerprint density at radius 2 is 1.75 bits per heavy atom. The number of nitrogens with one attached hydrogen (secondary N) is 1. The van der Waals surface area contributed by atoms with Crippen molar-refractivity contribution in [1.29, 1.82) is 0 Å².